The molecule has 3 fully saturated rings. The van der Waals surface area contributed by atoms with Crippen molar-refractivity contribution in [1.82, 2.24) is 10.3 Å². The number of aromatic carboxylic acids is 1. The minimum absolute atomic E-state index is 0.0100. The van der Waals surface area contributed by atoms with Crippen molar-refractivity contribution in [2.75, 3.05) is 24.6 Å². The fourth-order valence-corrected chi connectivity index (χ4v) is 4.46. The van der Waals surface area contributed by atoms with Gasteiger partial charge in [0, 0.05) is 26.6 Å². The fraction of sp³-hybridized carbons (Fsp3) is 0.650. The first-order valence-electron chi connectivity index (χ1n) is 9.83. The molecular formula is C20H27N3O4. The summed E-state index contributed by atoms with van der Waals surface area (Å²) in [6, 6.07) is 5.19. The molecule has 1 aromatic heterocycles. The molecule has 0 radical (unpaired) electrons. The van der Waals surface area contributed by atoms with Gasteiger partial charge in [-0.2, -0.15) is 0 Å². The molecule has 0 aromatic carbocycles. The third kappa shape index (κ3) is 4.24. The molecule has 0 spiro atoms. The van der Waals surface area contributed by atoms with E-state index in [4.69, 9.17) is 4.74 Å². The zero-order valence-corrected chi connectivity index (χ0v) is 15.6. The number of rotatable bonds is 6. The van der Waals surface area contributed by atoms with Crippen molar-refractivity contribution in [3.05, 3.63) is 23.9 Å². The molecule has 2 saturated carbocycles. The second kappa shape index (κ2) is 7.46. The molecule has 1 aliphatic heterocycles. The number of carboxylic acids is 1. The summed E-state index contributed by atoms with van der Waals surface area (Å²) < 4.78 is 6.19. The van der Waals surface area contributed by atoms with Gasteiger partial charge in [0.25, 0.3) is 0 Å². The fourth-order valence-electron chi connectivity index (χ4n) is 4.46. The van der Waals surface area contributed by atoms with E-state index in [0.29, 0.717) is 17.8 Å². The number of amides is 1. The van der Waals surface area contributed by atoms with E-state index < -0.39 is 5.97 Å². The SMILES string of the molecule is CC(=O)N[C@@H]1C[C@@H]2CN(c3cccc(C(=O)O)n3)C[C@@H]2C[C@H]1OCC1CC1. The van der Waals surface area contributed by atoms with Gasteiger partial charge in [0.05, 0.1) is 12.1 Å². The number of hydrogen-bond donors (Lipinski definition) is 2. The highest BCUT2D eigenvalue weighted by molar-refractivity contribution is 5.85. The summed E-state index contributed by atoms with van der Waals surface area (Å²) in [5.41, 5.74) is 0.0733. The van der Waals surface area contributed by atoms with Crippen LogP contribution in [0.2, 0.25) is 0 Å². The van der Waals surface area contributed by atoms with Crippen molar-refractivity contribution in [1.29, 1.82) is 0 Å². The predicted octanol–water partition coefficient (Wildman–Crippen LogP) is 1.93. The van der Waals surface area contributed by atoms with E-state index in [1.807, 2.05) is 6.07 Å². The topological polar surface area (TPSA) is 91.8 Å². The van der Waals surface area contributed by atoms with E-state index in [-0.39, 0.29) is 23.7 Å². The molecule has 0 bridgehead atoms. The van der Waals surface area contributed by atoms with Crippen LogP contribution in [0.4, 0.5) is 5.82 Å². The van der Waals surface area contributed by atoms with Crippen LogP contribution in [0.25, 0.3) is 0 Å². The van der Waals surface area contributed by atoms with Gasteiger partial charge >= 0.3 is 5.97 Å². The molecule has 7 heteroatoms. The van der Waals surface area contributed by atoms with Gasteiger partial charge in [-0.3, -0.25) is 4.79 Å². The lowest BCUT2D eigenvalue weighted by Crippen LogP contribution is -2.50. The monoisotopic (exact) mass is 373 g/mol. The summed E-state index contributed by atoms with van der Waals surface area (Å²) in [5.74, 6) is 1.34. The van der Waals surface area contributed by atoms with Gasteiger partial charge in [0.15, 0.2) is 5.69 Å². The molecule has 2 N–H and O–H groups in total. The summed E-state index contributed by atoms with van der Waals surface area (Å²) in [4.78, 5) is 29.3. The van der Waals surface area contributed by atoms with Crippen LogP contribution in [0, 0.1) is 17.8 Å². The van der Waals surface area contributed by atoms with Crippen LogP contribution in [0.5, 0.6) is 0 Å². The summed E-state index contributed by atoms with van der Waals surface area (Å²) in [7, 11) is 0. The van der Waals surface area contributed by atoms with Crippen LogP contribution in [-0.4, -0.2) is 53.8 Å². The van der Waals surface area contributed by atoms with Crippen molar-refractivity contribution in [3.63, 3.8) is 0 Å². The summed E-state index contributed by atoms with van der Waals surface area (Å²) in [6.45, 7) is 4.05. The normalized spacial score (nSPS) is 30.0. The first-order valence-corrected chi connectivity index (χ1v) is 9.83. The number of hydrogen-bond acceptors (Lipinski definition) is 5. The van der Waals surface area contributed by atoms with Gasteiger partial charge in [-0.1, -0.05) is 6.07 Å². The van der Waals surface area contributed by atoms with Crippen molar-refractivity contribution < 1.29 is 19.4 Å². The molecule has 1 amide bonds. The Bertz CT molecular complexity index is 721. The van der Waals surface area contributed by atoms with Gasteiger partial charge in [-0.05, 0) is 55.6 Å². The largest absolute Gasteiger partial charge is 0.477 e. The average Bonchev–Trinajstić information content (AvgIpc) is 3.37. The average molecular weight is 373 g/mol. The minimum atomic E-state index is -1.01. The van der Waals surface area contributed by atoms with E-state index in [2.05, 4.69) is 15.2 Å². The molecule has 1 aromatic rings. The highest BCUT2D eigenvalue weighted by atomic mass is 16.5. The van der Waals surface area contributed by atoms with Crippen LogP contribution in [-0.2, 0) is 9.53 Å². The number of nitrogens with zero attached hydrogens (tertiary/aromatic N) is 2. The van der Waals surface area contributed by atoms with E-state index >= 15 is 0 Å². The molecule has 27 heavy (non-hydrogen) atoms. The van der Waals surface area contributed by atoms with Crippen molar-refractivity contribution in [2.45, 2.75) is 44.8 Å². The summed E-state index contributed by atoms with van der Waals surface area (Å²) in [6.07, 6.45) is 4.40. The second-order valence-corrected chi connectivity index (χ2v) is 8.20. The Morgan fingerprint density at radius 1 is 1.26 bits per heavy atom. The van der Waals surface area contributed by atoms with E-state index in [0.717, 1.165) is 38.4 Å². The number of nitrogens with one attached hydrogen (secondary N) is 1. The van der Waals surface area contributed by atoms with Crippen molar-refractivity contribution >= 4 is 17.7 Å². The quantitative estimate of drug-likeness (QED) is 0.792. The van der Waals surface area contributed by atoms with Gasteiger partial charge in [0.2, 0.25) is 5.91 Å². The Hall–Kier alpha value is -2.15. The maximum absolute atomic E-state index is 11.6. The van der Waals surface area contributed by atoms with E-state index in [1.165, 1.54) is 18.9 Å². The first kappa shape index (κ1) is 18.2. The van der Waals surface area contributed by atoms with E-state index in [9.17, 15) is 14.7 Å². The van der Waals surface area contributed by atoms with Gasteiger partial charge < -0.3 is 20.1 Å². The third-order valence-electron chi connectivity index (χ3n) is 6.03. The maximum Gasteiger partial charge on any atom is 0.354 e. The molecule has 4 atom stereocenters. The Labute approximate surface area is 159 Å². The van der Waals surface area contributed by atoms with Crippen LogP contribution in [0.3, 0.4) is 0 Å². The maximum atomic E-state index is 11.6. The smallest absolute Gasteiger partial charge is 0.354 e. The molecule has 146 valence electrons. The molecule has 2 aliphatic carbocycles. The molecule has 3 aliphatic rings. The van der Waals surface area contributed by atoms with Crippen molar-refractivity contribution in [2.24, 2.45) is 17.8 Å². The number of anilines is 1. The lowest BCUT2D eigenvalue weighted by molar-refractivity contribution is -0.122. The number of carboxylic acid groups (broad SMARTS) is 1. The molecular weight excluding hydrogens is 346 g/mol. The Morgan fingerprint density at radius 2 is 2.00 bits per heavy atom. The number of pyridine rings is 1. The van der Waals surface area contributed by atoms with Crippen LogP contribution >= 0.6 is 0 Å². The number of aromatic nitrogens is 1. The molecule has 1 saturated heterocycles. The van der Waals surface area contributed by atoms with Gasteiger partial charge in [-0.15, -0.1) is 0 Å². The molecule has 0 unspecified atom stereocenters. The summed E-state index contributed by atoms with van der Waals surface area (Å²) >= 11 is 0. The molecule has 4 rings (SSSR count). The minimum Gasteiger partial charge on any atom is -0.477 e. The van der Waals surface area contributed by atoms with Crippen LogP contribution < -0.4 is 10.2 Å². The third-order valence-corrected chi connectivity index (χ3v) is 6.03. The molecule has 2 heterocycles. The van der Waals surface area contributed by atoms with Crippen LogP contribution in [0.15, 0.2) is 18.2 Å². The van der Waals surface area contributed by atoms with Crippen LogP contribution in [0.1, 0.15) is 43.1 Å². The van der Waals surface area contributed by atoms with Crippen molar-refractivity contribution in [3.8, 4) is 0 Å². The predicted molar refractivity (Wildman–Crippen MR) is 99.7 cm³/mol. The number of ether oxygens (including phenoxy) is 1. The Kier molecular flexibility index (Phi) is 5.04. The second-order valence-electron chi connectivity index (χ2n) is 8.20. The number of carbonyl (C=O) groups is 2. The Balaban J connectivity index is 1.45. The lowest BCUT2D eigenvalue weighted by Gasteiger charge is -2.38. The van der Waals surface area contributed by atoms with E-state index in [1.54, 1.807) is 13.0 Å². The highest BCUT2D eigenvalue weighted by Gasteiger charge is 2.43. The first-order chi connectivity index (χ1) is 13.0. The lowest BCUT2D eigenvalue weighted by atomic mass is 9.77. The number of carbonyl (C=O) groups excluding carboxylic acids is 1. The zero-order chi connectivity index (χ0) is 19.0. The van der Waals surface area contributed by atoms with Gasteiger partial charge in [-0.25, -0.2) is 9.78 Å². The highest BCUT2D eigenvalue weighted by Crippen LogP contribution is 2.40. The summed E-state index contributed by atoms with van der Waals surface area (Å²) in [5, 5.41) is 12.3. The zero-order valence-electron chi connectivity index (χ0n) is 15.6. The Morgan fingerprint density at radius 3 is 2.67 bits per heavy atom. The molecule has 7 nitrogen and oxygen atoms in total. The standard InChI is InChI=1S/C20H27N3O4/c1-12(24)21-17-7-14-9-23(19-4-2-3-16(22-19)20(25)26)10-15(14)8-18(17)27-11-13-5-6-13/h2-4,13-15,17-18H,5-11H2,1H3,(H,21,24)(H,25,26)/t14-,15+,17-,18-/m1/s1. The number of fused-ring (bicyclic) bond motifs is 1. The van der Waals surface area contributed by atoms with Gasteiger partial charge in [0.1, 0.15) is 5.82 Å².